The van der Waals surface area contributed by atoms with Crippen molar-refractivity contribution >= 4 is 23.0 Å². The maximum Gasteiger partial charge on any atom is 0.283 e. The lowest BCUT2D eigenvalue weighted by Crippen LogP contribution is -2.32. The minimum Gasteiger partial charge on any atom is -0.493 e. The Labute approximate surface area is 189 Å². The highest BCUT2D eigenvalue weighted by Gasteiger charge is 2.13. The first-order valence-corrected chi connectivity index (χ1v) is 10.2. The molecule has 2 aromatic carbocycles. The van der Waals surface area contributed by atoms with Crippen LogP contribution in [0.3, 0.4) is 0 Å². The molecule has 0 spiro atoms. The van der Waals surface area contributed by atoms with Crippen molar-refractivity contribution in [1.29, 1.82) is 0 Å². The topological polar surface area (TPSA) is 100 Å². The van der Waals surface area contributed by atoms with Crippen molar-refractivity contribution in [2.24, 2.45) is 0 Å². The van der Waals surface area contributed by atoms with E-state index in [0.717, 1.165) is 27.1 Å². The van der Waals surface area contributed by atoms with Crippen molar-refractivity contribution in [2.75, 3.05) is 19.6 Å². The molecule has 2 aromatic heterocycles. The summed E-state index contributed by atoms with van der Waals surface area (Å²) in [5.41, 5.74) is 6.31. The zero-order valence-electron chi connectivity index (χ0n) is 18.7. The Morgan fingerprint density at radius 2 is 1.82 bits per heavy atom. The van der Waals surface area contributed by atoms with Crippen LogP contribution in [0.1, 0.15) is 16.7 Å². The maximum atomic E-state index is 12.9. The van der Waals surface area contributed by atoms with Crippen LogP contribution in [0.2, 0.25) is 0 Å². The number of methoxy groups -OCH3 is 2. The molecule has 1 N–H and O–H groups in total. The molecule has 4 rings (SSSR count). The number of ether oxygens (including phenoxy) is 2. The van der Waals surface area contributed by atoms with Gasteiger partial charge in [-0.1, -0.05) is 12.1 Å². The Morgan fingerprint density at radius 3 is 2.55 bits per heavy atom. The minimum atomic E-state index is -0.491. The van der Waals surface area contributed by atoms with E-state index in [0.29, 0.717) is 22.5 Å². The van der Waals surface area contributed by atoms with E-state index >= 15 is 0 Å². The number of benzene rings is 2. The Kier molecular flexibility index (Phi) is 5.95. The number of nitrogens with one attached hydrogen (secondary N) is 1. The molecule has 0 radical (unpaired) electrons. The Morgan fingerprint density at radius 1 is 1.03 bits per heavy atom. The number of fused-ring (bicyclic) bond motifs is 1. The molecule has 0 unspecified atom stereocenters. The molecule has 0 aliphatic carbocycles. The van der Waals surface area contributed by atoms with Crippen LogP contribution in [0.15, 0.2) is 59.8 Å². The average Bonchev–Trinajstić information content (AvgIpc) is 3.26. The smallest absolute Gasteiger partial charge is 0.283 e. The highest BCUT2D eigenvalue weighted by Crippen LogP contribution is 2.28. The Hall–Kier alpha value is -4.40. The molecule has 33 heavy (non-hydrogen) atoms. The number of amides is 1. The van der Waals surface area contributed by atoms with Gasteiger partial charge in [-0.05, 0) is 60.9 Å². The van der Waals surface area contributed by atoms with Gasteiger partial charge < -0.3 is 9.47 Å². The largest absolute Gasteiger partial charge is 0.493 e. The highest BCUT2D eigenvalue weighted by molar-refractivity contribution is 5.97. The molecule has 1 amide bonds. The van der Waals surface area contributed by atoms with Crippen LogP contribution >= 0.6 is 0 Å². The minimum absolute atomic E-state index is 0.292. The van der Waals surface area contributed by atoms with Gasteiger partial charge in [-0.15, -0.1) is 0 Å². The van der Waals surface area contributed by atoms with Crippen molar-refractivity contribution in [2.45, 2.75) is 13.8 Å². The van der Waals surface area contributed by atoms with Gasteiger partial charge in [-0.3, -0.25) is 15.0 Å². The second-order valence-electron chi connectivity index (χ2n) is 7.41. The molecule has 168 valence electrons. The molecule has 4 aromatic rings. The summed E-state index contributed by atoms with van der Waals surface area (Å²) < 4.78 is 13.1. The van der Waals surface area contributed by atoms with Crippen molar-refractivity contribution in [3.05, 3.63) is 82.0 Å². The van der Waals surface area contributed by atoms with E-state index in [-0.39, 0.29) is 0 Å². The van der Waals surface area contributed by atoms with Crippen LogP contribution in [0.5, 0.6) is 11.5 Å². The third-order valence-corrected chi connectivity index (χ3v) is 5.29. The number of hydrogen-bond acceptors (Lipinski definition) is 6. The number of aromatic nitrogens is 4. The zero-order valence-corrected chi connectivity index (χ0v) is 18.7. The lowest BCUT2D eigenvalue weighted by molar-refractivity contribution is -0.112. The Balaban J connectivity index is 1.56. The van der Waals surface area contributed by atoms with Gasteiger partial charge in [0.1, 0.15) is 11.7 Å². The molecule has 0 aliphatic heterocycles. The van der Waals surface area contributed by atoms with Crippen molar-refractivity contribution in [3.8, 4) is 17.2 Å². The van der Waals surface area contributed by atoms with Gasteiger partial charge in [0.25, 0.3) is 11.5 Å². The van der Waals surface area contributed by atoms with E-state index in [2.05, 4.69) is 15.5 Å². The van der Waals surface area contributed by atoms with Crippen LogP contribution in [0.4, 0.5) is 0 Å². The van der Waals surface area contributed by atoms with Crippen molar-refractivity contribution < 1.29 is 14.3 Å². The van der Waals surface area contributed by atoms with Gasteiger partial charge in [-0.2, -0.15) is 5.10 Å². The van der Waals surface area contributed by atoms with Crippen LogP contribution in [-0.2, 0) is 4.79 Å². The fourth-order valence-corrected chi connectivity index (χ4v) is 3.32. The summed E-state index contributed by atoms with van der Waals surface area (Å²) in [6, 6.07) is 11.2. The first-order chi connectivity index (χ1) is 15.9. The number of carbonyl (C=O) groups is 1. The van der Waals surface area contributed by atoms with Gasteiger partial charge in [0.05, 0.1) is 26.1 Å². The summed E-state index contributed by atoms with van der Waals surface area (Å²) >= 11 is 0. The molecule has 0 fully saturated rings. The lowest BCUT2D eigenvalue weighted by Gasteiger charge is -2.08. The molecule has 2 heterocycles. The van der Waals surface area contributed by atoms with Gasteiger partial charge in [0, 0.05) is 6.08 Å². The number of hydrogen-bond donors (Lipinski definition) is 1. The monoisotopic (exact) mass is 445 g/mol. The maximum absolute atomic E-state index is 12.9. The van der Waals surface area contributed by atoms with Crippen LogP contribution in [0.25, 0.3) is 22.8 Å². The number of nitrogens with zero attached hydrogens (tertiary/aromatic N) is 4. The molecule has 0 saturated carbocycles. The third kappa shape index (κ3) is 4.33. The molecular weight excluding hydrogens is 422 g/mol. The second kappa shape index (κ2) is 8.99. The lowest BCUT2D eigenvalue weighted by atomic mass is 10.1. The summed E-state index contributed by atoms with van der Waals surface area (Å²) in [6.07, 6.45) is 5.64. The molecule has 0 saturated heterocycles. The Bertz CT molecular complexity index is 1430. The molecule has 0 bridgehead atoms. The fourth-order valence-electron chi connectivity index (χ4n) is 3.32. The zero-order chi connectivity index (χ0) is 23.5. The first kappa shape index (κ1) is 21.8. The van der Waals surface area contributed by atoms with E-state index in [9.17, 15) is 9.59 Å². The van der Waals surface area contributed by atoms with Gasteiger partial charge in [0.15, 0.2) is 17.1 Å². The normalized spacial score (nSPS) is 11.2. The van der Waals surface area contributed by atoms with Gasteiger partial charge in [-0.25, -0.2) is 14.3 Å². The molecular formula is C24H23N5O4. The molecule has 0 aliphatic rings. The van der Waals surface area contributed by atoms with E-state index in [1.54, 1.807) is 36.1 Å². The van der Waals surface area contributed by atoms with Crippen molar-refractivity contribution in [1.82, 2.24) is 19.4 Å². The van der Waals surface area contributed by atoms with E-state index in [1.165, 1.54) is 25.7 Å². The summed E-state index contributed by atoms with van der Waals surface area (Å²) in [7, 11) is 3.09. The molecule has 0 atom stereocenters. The first-order valence-electron chi connectivity index (χ1n) is 10.2. The van der Waals surface area contributed by atoms with E-state index in [1.807, 2.05) is 32.0 Å². The number of carbonyl (C=O) groups excluding carboxylic acids is 1. The van der Waals surface area contributed by atoms with Crippen LogP contribution in [0, 0.1) is 13.8 Å². The molecule has 9 nitrogen and oxygen atoms in total. The third-order valence-electron chi connectivity index (χ3n) is 5.29. The summed E-state index contributed by atoms with van der Waals surface area (Å²) in [5, 5.41) is 4.61. The SMILES string of the molecule is COc1ccc(C=CC(=O)Nn2cnc3c(cnn3-c3ccc(C)c(C)c3)c2=O)cc1OC. The fraction of sp³-hybridized carbons (Fsp3) is 0.167. The van der Waals surface area contributed by atoms with Crippen LogP contribution < -0.4 is 20.5 Å². The standard InChI is InChI=1S/C24H23N5O4/c1-15-5-8-18(11-16(15)2)29-23-19(13-26-29)24(31)28(14-25-23)27-22(30)10-7-17-6-9-20(32-3)21(12-17)33-4/h5-14H,1-4H3,(H,27,30). The van der Waals surface area contributed by atoms with E-state index in [4.69, 9.17) is 9.47 Å². The quantitative estimate of drug-likeness (QED) is 0.458. The number of aryl methyl sites for hydroxylation is 2. The highest BCUT2D eigenvalue weighted by atomic mass is 16.5. The molecule has 9 heteroatoms. The van der Waals surface area contributed by atoms with E-state index < -0.39 is 11.5 Å². The van der Waals surface area contributed by atoms with Gasteiger partial charge in [0.2, 0.25) is 0 Å². The van der Waals surface area contributed by atoms with Crippen molar-refractivity contribution in [3.63, 3.8) is 0 Å². The van der Waals surface area contributed by atoms with Gasteiger partial charge >= 0.3 is 0 Å². The average molecular weight is 445 g/mol. The summed E-state index contributed by atoms with van der Waals surface area (Å²) in [6.45, 7) is 4.04. The predicted octanol–water partition coefficient (Wildman–Crippen LogP) is 3.00. The van der Waals surface area contributed by atoms with Crippen LogP contribution in [-0.4, -0.2) is 39.6 Å². The second-order valence-corrected chi connectivity index (χ2v) is 7.41. The summed E-state index contributed by atoms with van der Waals surface area (Å²) in [5.74, 6) is 0.646. The predicted molar refractivity (Wildman–Crippen MR) is 126 cm³/mol. The number of rotatable bonds is 6. The summed E-state index contributed by atoms with van der Waals surface area (Å²) in [4.78, 5) is 29.6.